The number of ketones is 2. The third kappa shape index (κ3) is 3.05. The van der Waals surface area contributed by atoms with Crippen LogP contribution in [0, 0.1) is 0 Å². The molecule has 2 amide bonds. The summed E-state index contributed by atoms with van der Waals surface area (Å²) >= 11 is 0. The van der Waals surface area contributed by atoms with Crippen LogP contribution in [0.3, 0.4) is 0 Å². The predicted molar refractivity (Wildman–Crippen MR) is 59.1 cm³/mol. The number of amides is 2. The van der Waals surface area contributed by atoms with E-state index in [0.29, 0.717) is 25.9 Å². The van der Waals surface area contributed by atoms with E-state index in [-0.39, 0.29) is 30.7 Å². The van der Waals surface area contributed by atoms with Crippen LogP contribution >= 0.6 is 0 Å². The maximum Gasteiger partial charge on any atom is 0.320 e. The van der Waals surface area contributed by atoms with Crippen molar-refractivity contribution in [2.45, 2.75) is 26.7 Å². The molecule has 1 aliphatic heterocycles. The van der Waals surface area contributed by atoms with Crippen molar-refractivity contribution in [1.29, 1.82) is 0 Å². The number of hydrogen-bond acceptors (Lipinski definition) is 3. The average Bonchev–Trinajstić information content (AvgIpc) is 2.61. The van der Waals surface area contributed by atoms with Crippen molar-refractivity contribution >= 4 is 17.6 Å². The van der Waals surface area contributed by atoms with E-state index in [1.54, 1.807) is 13.8 Å². The lowest BCUT2D eigenvalue weighted by molar-refractivity contribution is -0.119. The summed E-state index contributed by atoms with van der Waals surface area (Å²) in [6, 6.07) is -0.191. The molecule has 0 radical (unpaired) electrons. The average molecular weight is 226 g/mol. The molecular formula is C11H18N2O3. The highest BCUT2D eigenvalue weighted by molar-refractivity contribution is 5.89. The molecule has 0 bridgehead atoms. The minimum absolute atomic E-state index is 0.0528. The highest BCUT2D eigenvalue weighted by Crippen LogP contribution is 2.09. The molecule has 1 fully saturated rings. The molecular weight excluding hydrogens is 208 g/mol. The molecule has 0 aromatic rings. The molecule has 0 aromatic heterocycles. The fourth-order valence-electron chi connectivity index (χ4n) is 1.58. The van der Waals surface area contributed by atoms with Gasteiger partial charge in [-0.05, 0) is 0 Å². The number of urea groups is 1. The van der Waals surface area contributed by atoms with Crippen LogP contribution in [0.4, 0.5) is 4.79 Å². The monoisotopic (exact) mass is 226 g/mol. The summed E-state index contributed by atoms with van der Waals surface area (Å²) in [5.74, 6) is 0.106. The zero-order valence-electron chi connectivity index (χ0n) is 9.86. The van der Waals surface area contributed by atoms with Crippen LogP contribution in [-0.2, 0) is 9.59 Å². The zero-order chi connectivity index (χ0) is 12.1. The van der Waals surface area contributed by atoms with Gasteiger partial charge in [0.15, 0.2) is 11.6 Å². The Morgan fingerprint density at radius 2 is 1.38 bits per heavy atom. The van der Waals surface area contributed by atoms with Crippen LogP contribution in [0.5, 0.6) is 0 Å². The van der Waals surface area contributed by atoms with Gasteiger partial charge >= 0.3 is 6.03 Å². The third-order valence-electron chi connectivity index (χ3n) is 2.70. The Bertz CT molecular complexity index is 274. The van der Waals surface area contributed by atoms with Crippen molar-refractivity contribution in [3.63, 3.8) is 0 Å². The molecule has 5 nitrogen and oxygen atoms in total. The number of hydrogen-bond donors (Lipinski definition) is 0. The largest absolute Gasteiger partial charge is 0.320 e. The predicted octanol–water partition coefficient (Wildman–Crippen LogP) is 0.682. The van der Waals surface area contributed by atoms with E-state index in [1.807, 2.05) is 0 Å². The Morgan fingerprint density at radius 3 is 1.69 bits per heavy atom. The topological polar surface area (TPSA) is 57.7 Å². The molecule has 1 rings (SSSR count). The highest BCUT2D eigenvalue weighted by Gasteiger charge is 2.29. The smallest absolute Gasteiger partial charge is 0.316 e. The van der Waals surface area contributed by atoms with E-state index >= 15 is 0 Å². The van der Waals surface area contributed by atoms with Gasteiger partial charge in [-0.3, -0.25) is 9.59 Å². The van der Waals surface area contributed by atoms with Gasteiger partial charge in [-0.1, -0.05) is 13.8 Å². The molecule has 0 N–H and O–H groups in total. The van der Waals surface area contributed by atoms with Crippen molar-refractivity contribution in [3.8, 4) is 0 Å². The van der Waals surface area contributed by atoms with Gasteiger partial charge in [0, 0.05) is 25.9 Å². The van der Waals surface area contributed by atoms with Crippen molar-refractivity contribution in [3.05, 3.63) is 0 Å². The number of carbonyl (C=O) groups is 3. The third-order valence-corrected chi connectivity index (χ3v) is 2.70. The lowest BCUT2D eigenvalue weighted by atomic mass is 10.3. The van der Waals surface area contributed by atoms with Crippen molar-refractivity contribution in [2.75, 3.05) is 26.2 Å². The number of nitrogens with zero attached hydrogens (tertiary/aromatic N) is 2. The molecule has 1 heterocycles. The number of carbonyl (C=O) groups excluding carboxylic acids is 3. The zero-order valence-corrected chi connectivity index (χ0v) is 9.86. The van der Waals surface area contributed by atoms with E-state index in [0.717, 1.165) is 0 Å². The van der Waals surface area contributed by atoms with Crippen LogP contribution in [0.2, 0.25) is 0 Å². The Labute approximate surface area is 95.4 Å². The van der Waals surface area contributed by atoms with Gasteiger partial charge in [-0.25, -0.2) is 4.79 Å². The van der Waals surface area contributed by atoms with Crippen LogP contribution < -0.4 is 0 Å². The molecule has 0 spiro atoms. The summed E-state index contributed by atoms with van der Waals surface area (Å²) in [6.45, 7) is 4.99. The Balaban J connectivity index is 2.47. The van der Waals surface area contributed by atoms with Crippen molar-refractivity contribution in [2.24, 2.45) is 0 Å². The van der Waals surface area contributed by atoms with Gasteiger partial charge in [-0.15, -0.1) is 0 Å². The van der Waals surface area contributed by atoms with Crippen molar-refractivity contribution < 1.29 is 14.4 Å². The lowest BCUT2D eigenvalue weighted by Gasteiger charge is -2.16. The van der Waals surface area contributed by atoms with Crippen LogP contribution in [0.15, 0.2) is 0 Å². The first-order valence-electron chi connectivity index (χ1n) is 5.65. The van der Waals surface area contributed by atoms with E-state index < -0.39 is 0 Å². The first kappa shape index (κ1) is 12.7. The van der Waals surface area contributed by atoms with E-state index in [2.05, 4.69) is 0 Å². The lowest BCUT2D eigenvalue weighted by Crippen LogP contribution is -2.37. The normalized spacial score (nSPS) is 15.8. The van der Waals surface area contributed by atoms with Gasteiger partial charge in [0.2, 0.25) is 0 Å². The Kier molecular flexibility index (Phi) is 4.46. The van der Waals surface area contributed by atoms with Crippen LogP contribution in [-0.4, -0.2) is 53.6 Å². The van der Waals surface area contributed by atoms with Gasteiger partial charge in [0.1, 0.15) is 0 Å². The summed E-state index contributed by atoms with van der Waals surface area (Å²) < 4.78 is 0. The van der Waals surface area contributed by atoms with E-state index in [4.69, 9.17) is 0 Å². The molecule has 16 heavy (non-hydrogen) atoms. The first-order valence-corrected chi connectivity index (χ1v) is 5.65. The standard InChI is InChI=1S/C11H18N2O3/c1-3-9(14)7-12-5-6-13(11(12)16)8-10(15)4-2/h3-8H2,1-2H3. The second-order valence-electron chi connectivity index (χ2n) is 3.91. The van der Waals surface area contributed by atoms with Gasteiger partial charge in [-0.2, -0.15) is 0 Å². The maximum atomic E-state index is 11.8. The molecule has 0 aliphatic carbocycles. The van der Waals surface area contributed by atoms with Gasteiger partial charge in [0.25, 0.3) is 0 Å². The minimum atomic E-state index is -0.191. The molecule has 0 aromatic carbocycles. The number of rotatable bonds is 6. The fraction of sp³-hybridized carbons (Fsp3) is 0.727. The quantitative estimate of drug-likeness (QED) is 0.669. The molecule has 90 valence electrons. The summed E-state index contributed by atoms with van der Waals surface area (Å²) in [5.41, 5.74) is 0. The van der Waals surface area contributed by atoms with Crippen molar-refractivity contribution in [1.82, 2.24) is 9.80 Å². The minimum Gasteiger partial charge on any atom is -0.316 e. The molecule has 5 heteroatoms. The molecule has 0 unspecified atom stereocenters. The van der Waals surface area contributed by atoms with Crippen LogP contribution in [0.25, 0.3) is 0 Å². The van der Waals surface area contributed by atoms with Gasteiger partial charge < -0.3 is 9.80 Å². The fourth-order valence-corrected chi connectivity index (χ4v) is 1.58. The Morgan fingerprint density at radius 1 is 1.00 bits per heavy atom. The SMILES string of the molecule is CCC(=O)CN1CCN(CC(=O)CC)C1=O. The second-order valence-corrected chi connectivity index (χ2v) is 3.91. The summed E-state index contributed by atoms with van der Waals surface area (Å²) in [7, 11) is 0. The molecule has 1 saturated heterocycles. The summed E-state index contributed by atoms with van der Waals surface area (Å²) in [4.78, 5) is 37.2. The number of Topliss-reactive ketones (excluding diaryl/α,β-unsaturated/α-hetero) is 2. The van der Waals surface area contributed by atoms with Crippen LogP contribution in [0.1, 0.15) is 26.7 Å². The second kappa shape index (κ2) is 5.63. The molecule has 0 atom stereocenters. The Hall–Kier alpha value is -1.39. The summed E-state index contributed by atoms with van der Waals surface area (Å²) in [6.07, 6.45) is 0.884. The van der Waals surface area contributed by atoms with Gasteiger partial charge in [0.05, 0.1) is 13.1 Å². The maximum absolute atomic E-state index is 11.8. The van der Waals surface area contributed by atoms with E-state index in [1.165, 1.54) is 9.80 Å². The van der Waals surface area contributed by atoms with E-state index in [9.17, 15) is 14.4 Å². The first-order chi connectivity index (χ1) is 7.58. The molecule has 0 saturated carbocycles. The summed E-state index contributed by atoms with van der Waals surface area (Å²) in [5, 5.41) is 0. The molecule has 1 aliphatic rings. The highest BCUT2D eigenvalue weighted by atomic mass is 16.2.